The molecule has 1 aromatic heterocycles. The van der Waals surface area contributed by atoms with Gasteiger partial charge < -0.3 is 15.4 Å². The fraction of sp³-hybridized carbons (Fsp3) is 0.0952. The van der Waals surface area contributed by atoms with E-state index in [0.717, 1.165) is 11.4 Å². The van der Waals surface area contributed by atoms with Gasteiger partial charge in [-0.25, -0.2) is 4.98 Å². The molecule has 0 spiro atoms. The molecule has 0 saturated heterocycles. The molecule has 0 aliphatic heterocycles. The van der Waals surface area contributed by atoms with Crippen LogP contribution in [0.25, 0.3) is 0 Å². The molecular weight excluding hydrogens is 342 g/mol. The first-order valence-electron chi connectivity index (χ1n) is 8.34. The maximum atomic E-state index is 12.5. The van der Waals surface area contributed by atoms with Crippen LogP contribution in [0.5, 0.6) is 5.75 Å². The van der Waals surface area contributed by atoms with Gasteiger partial charge in [0, 0.05) is 28.7 Å². The van der Waals surface area contributed by atoms with Gasteiger partial charge in [0.15, 0.2) is 5.78 Å². The molecule has 0 atom stereocenters. The Labute approximate surface area is 157 Å². The lowest BCUT2D eigenvalue weighted by atomic mass is 10.1. The lowest BCUT2D eigenvalue weighted by molar-refractivity contribution is 0.101. The second-order valence-corrected chi connectivity index (χ2v) is 5.87. The van der Waals surface area contributed by atoms with Gasteiger partial charge in [0.05, 0.1) is 7.11 Å². The van der Waals surface area contributed by atoms with E-state index in [2.05, 4.69) is 15.6 Å². The third-order valence-electron chi connectivity index (χ3n) is 3.93. The molecule has 6 heteroatoms. The molecule has 0 aliphatic carbocycles. The van der Waals surface area contributed by atoms with E-state index in [-0.39, 0.29) is 11.7 Å². The number of carbonyl (C=O) groups is 2. The fourth-order valence-electron chi connectivity index (χ4n) is 2.45. The summed E-state index contributed by atoms with van der Waals surface area (Å²) in [6.45, 7) is 1.52. The Morgan fingerprint density at radius 1 is 0.889 bits per heavy atom. The predicted molar refractivity (Wildman–Crippen MR) is 105 cm³/mol. The van der Waals surface area contributed by atoms with Crippen molar-refractivity contribution in [3.63, 3.8) is 0 Å². The highest BCUT2D eigenvalue weighted by atomic mass is 16.5. The van der Waals surface area contributed by atoms with Gasteiger partial charge in [-0.15, -0.1) is 0 Å². The van der Waals surface area contributed by atoms with E-state index in [1.165, 1.54) is 6.92 Å². The quantitative estimate of drug-likeness (QED) is 0.640. The number of nitrogens with zero attached hydrogens (tertiary/aromatic N) is 1. The van der Waals surface area contributed by atoms with E-state index in [9.17, 15) is 9.59 Å². The number of anilines is 3. The number of nitrogens with one attached hydrogen (secondary N) is 2. The van der Waals surface area contributed by atoms with Gasteiger partial charge in [-0.05, 0) is 67.6 Å². The van der Waals surface area contributed by atoms with Gasteiger partial charge in [0.1, 0.15) is 11.6 Å². The Bertz CT molecular complexity index is 951. The number of Topliss-reactive ketones (excluding diaryl/α,β-unsaturated/α-hetero) is 1. The Morgan fingerprint density at radius 3 is 2.19 bits per heavy atom. The molecule has 3 aromatic rings. The summed E-state index contributed by atoms with van der Waals surface area (Å²) < 4.78 is 5.10. The lowest BCUT2D eigenvalue weighted by Gasteiger charge is -2.09. The van der Waals surface area contributed by atoms with E-state index < -0.39 is 0 Å². The average molecular weight is 361 g/mol. The topological polar surface area (TPSA) is 80.3 Å². The molecule has 0 bridgehead atoms. The summed E-state index contributed by atoms with van der Waals surface area (Å²) in [4.78, 5) is 28.0. The predicted octanol–water partition coefficient (Wildman–Crippen LogP) is 4.29. The molecular formula is C21H19N3O3. The number of hydrogen-bond acceptors (Lipinski definition) is 5. The minimum absolute atomic E-state index is 0.0110. The molecule has 0 aliphatic rings. The maximum absolute atomic E-state index is 12.5. The van der Waals surface area contributed by atoms with Gasteiger partial charge in [-0.3, -0.25) is 9.59 Å². The molecule has 1 amide bonds. The second kappa shape index (κ2) is 8.14. The normalized spacial score (nSPS) is 10.1. The summed E-state index contributed by atoms with van der Waals surface area (Å²) in [5.74, 6) is 1.03. The van der Waals surface area contributed by atoms with E-state index in [1.54, 1.807) is 74.0 Å². The summed E-state index contributed by atoms with van der Waals surface area (Å²) >= 11 is 0. The van der Waals surface area contributed by atoms with E-state index >= 15 is 0 Å². The Morgan fingerprint density at radius 2 is 1.56 bits per heavy atom. The molecule has 2 aromatic carbocycles. The number of carbonyl (C=O) groups excluding carboxylic acids is 2. The standard InChI is InChI=1S/C21H19N3O3/c1-14(25)15-3-5-17(6-4-15)23-20-13-16(11-12-22-20)21(26)24-18-7-9-19(27-2)10-8-18/h3-13H,1-2H3,(H,22,23)(H,24,26). The molecule has 136 valence electrons. The molecule has 27 heavy (non-hydrogen) atoms. The number of methoxy groups -OCH3 is 1. The van der Waals surface area contributed by atoms with Crippen molar-refractivity contribution in [1.82, 2.24) is 4.98 Å². The zero-order valence-corrected chi connectivity index (χ0v) is 15.0. The third-order valence-corrected chi connectivity index (χ3v) is 3.93. The highest BCUT2D eigenvalue weighted by Crippen LogP contribution is 2.19. The first-order chi connectivity index (χ1) is 13.0. The van der Waals surface area contributed by atoms with Crippen LogP contribution in [0.2, 0.25) is 0 Å². The third kappa shape index (κ3) is 4.70. The molecule has 1 heterocycles. The van der Waals surface area contributed by atoms with Crippen LogP contribution in [0.15, 0.2) is 66.9 Å². The van der Waals surface area contributed by atoms with Gasteiger partial charge in [0.2, 0.25) is 0 Å². The molecule has 0 unspecified atom stereocenters. The summed E-state index contributed by atoms with van der Waals surface area (Å²) in [6.07, 6.45) is 1.56. The van der Waals surface area contributed by atoms with Crippen LogP contribution in [0, 0.1) is 0 Å². The lowest BCUT2D eigenvalue weighted by Crippen LogP contribution is -2.12. The molecule has 0 fully saturated rings. The molecule has 0 saturated carbocycles. The van der Waals surface area contributed by atoms with Gasteiger partial charge in [-0.2, -0.15) is 0 Å². The van der Waals surface area contributed by atoms with Crippen LogP contribution in [0.1, 0.15) is 27.6 Å². The molecule has 3 rings (SSSR count). The Hall–Kier alpha value is -3.67. The number of benzene rings is 2. The van der Waals surface area contributed by atoms with Crippen molar-refractivity contribution in [2.24, 2.45) is 0 Å². The SMILES string of the molecule is COc1ccc(NC(=O)c2ccnc(Nc3ccc(C(C)=O)cc3)c2)cc1. The van der Waals surface area contributed by atoms with Gasteiger partial charge in [0.25, 0.3) is 5.91 Å². The number of amides is 1. The average Bonchev–Trinajstić information content (AvgIpc) is 2.69. The highest BCUT2D eigenvalue weighted by molar-refractivity contribution is 6.04. The summed E-state index contributed by atoms with van der Waals surface area (Å²) in [5, 5.41) is 5.96. The van der Waals surface area contributed by atoms with E-state index in [4.69, 9.17) is 4.74 Å². The Balaban J connectivity index is 1.70. The van der Waals surface area contributed by atoms with Crippen LogP contribution < -0.4 is 15.4 Å². The summed E-state index contributed by atoms with van der Waals surface area (Å²) in [5.41, 5.74) is 2.57. The van der Waals surface area contributed by atoms with Crippen molar-refractivity contribution in [1.29, 1.82) is 0 Å². The zero-order valence-electron chi connectivity index (χ0n) is 15.0. The van der Waals surface area contributed by atoms with Gasteiger partial charge in [-0.1, -0.05) is 0 Å². The van der Waals surface area contributed by atoms with Crippen molar-refractivity contribution in [3.8, 4) is 5.75 Å². The zero-order chi connectivity index (χ0) is 19.2. The molecule has 6 nitrogen and oxygen atoms in total. The fourth-order valence-corrected chi connectivity index (χ4v) is 2.45. The second-order valence-electron chi connectivity index (χ2n) is 5.87. The number of aromatic nitrogens is 1. The van der Waals surface area contributed by atoms with Crippen molar-refractivity contribution < 1.29 is 14.3 Å². The number of rotatable bonds is 6. The smallest absolute Gasteiger partial charge is 0.255 e. The monoisotopic (exact) mass is 361 g/mol. The Kier molecular flexibility index (Phi) is 5.47. The highest BCUT2D eigenvalue weighted by Gasteiger charge is 2.08. The van der Waals surface area contributed by atoms with Crippen molar-refractivity contribution in [2.75, 3.05) is 17.7 Å². The number of ketones is 1. The number of ether oxygens (including phenoxy) is 1. The first kappa shape index (κ1) is 18.1. The minimum Gasteiger partial charge on any atom is -0.497 e. The van der Waals surface area contributed by atoms with E-state index in [0.29, 0.717) is 22.6 Å². The summed E-state index contributed by atoms with van der Waals surface area (Å²) in [7, 11) is 1.59. The first-order valence-corrected chi connectivity index (χ1v) is 8.34. The van der Waals surface area contributed by atoms with Crippen molar-refractivity contribution in [2.45, 2.75) is 6.92 Å². The van der Waals surface area contributed by atoms with E-state index in [1.807, 2.05) is 0 Å². The van der Waals surface area contributed by atoms with Crippen LogP contribution in [-0.2, 0) is 0 Å². The summed E-state index contributed by atoms with van der Waals surface area (Å²) in [6, 6.07) is 17.5. The molecule has 2 N–H and O–H groups in total. The van der Waals surface area contributed by atoms with Gasteiger partial charge >= 0.3 is 0 Å². The van der Waals surface area contributed by atoms with Crippen molar-refractivity contribution >= 4 is 28.9 Å². The van der Waals surface area contributed by atoms with Crippen LogP contribution in [0.3, 0.4) is 0 Å². The number of hydrogen-bond donors (Lipinski definition) is 2. The number of pyridine rings is 1. The van der Waals surface area contributed by atoms with Crippen LogP contribution in [0.4, 0.5) is 17.2 Å². The van der Waals surface area contributed by atoms with Crippen LogP contribution >= 0.6 is 0 Å². The largest absolute Gasteiger partial charge is 0.497 e. The van der Waals surface area contributed by atoms with Crippen molar-refractivity contribution in [3.05, 3.63) is 78.0 Å². The minimum atomic E-state index is -0.238. The molecule has 0 radical (unpaired) electrons. The maximum Gasteiger partial charge on any atom is 0.255 e. The van der Waals surface area contributed by atoms with Crippen LogP contribution in [-0.4, -0.2) is 23.8 Å².